The topological polar surface area (TPSA) is 0 Å². The summed E-state index contributed by atoms with van der Waals surface area (Å²) in [5.74, 6) is 0. The van der Waals surface area contributed by atoms with Gasteiger partial charge in [0.15, 0.2) is 0 Å². The molecule has 0 aromatic rings. The van der Waals surface area contributed by atoms with Crippen LogP contribution >= 0.6 is 27.5 Å². The third kappa shape index (κ3) is 1.86. The largest absolute Gasteiger partial charge is 0.0926 e. The molecular formula is C8H10BrCl. The number of rotatable bonds is 0. The highest BCUT2D eigenvalue weighted by Gasteiger charge is 2.09. The SMILES string of the molecule is Cl/C=C1/CCCC/C1=C/Br. The van der Waals surface area contributed by atoms with Gasteiger partial charge in [0.25, 0.3) is 0 Å². The van der Waals surface area contributed by atoms with E-state index in [0.29, 0.717) is 0 Å². The molecule has 0 aromatic heterocycles. The summed E-state index contributed by atoms with van der Waals surface area (Å²) in [4.78, 5) is 1.99. The van der Waals surface area contributed by atoms with Gasteiger partial charge in [-0.05, 0) is 41.8 Å². The fourth-order valence-electron chi connectivity index (χ4n) is 1.20. The number of hydrogen-bond acceptors (Lipinski definition) is 0. The molecule has 0 aromatic carbocycles. The highest BCUT2D eigenvalue weighted by atomic mass is 79.9. The first-order chi connectivity index (χ1) is 4.88. The van der Waals surface area contributed by atoms with E-state index in [1.165, 1.54) is 30.4 Å². The molecule has 0 nitrogen and oxygen atoms in total. The van der Waals surface area contributed by atoms with E-state index >= 15 is 0 Å². The van der Waals surface area contributed by atoms with Gasteiger partial charge in [-0.1, -0.05) is 27.5 Å². The average Bonchev–Trinajstić information content (AvgIpc) is 2.04. The van der Waals surface area contributed by atoms with Crippen LogP contribution in [-0.4, -0.2) is 0 Å². The van der Waals surface area contributed by atoms with Crippen molar-refractivity contribution in [3.8, 4) is 0 Å². The van der Waals surface area contributed by atoms with Crippen LogP contribution in [0.3, 0.4) is 0 Å². The van der Waals surface area contributed by atoms with E-state index in [2.05, 4.69) is 15.9 Å². The lowest BCUT2D eigenvalue weighted by Gasteiger charge is -2.15. The summed E-state index contributed by atoms with van der Waals surface area (Å²) in [5.41, 5.74) is 4.36. The zero-order valence-electron chi connectivity index (χ0n) is 5.74. The van der Waals surface area contributed by atoms with Gasteiger partial charge in [0.2, 0.25) is 0 Å². The number of hydrogen-bond donors (Lipinski definition) is 0. The van der Waals surface area contributed by atoms with Crippen LogP contribution in [0, 0.1) is 0 Å². The minimum Gasteiger partial charge on any atom is -0.0926 e. The molecule has 1 fully saturated rings. The van der Waals surface area contributed by atoms with Crippen molar-refractivity contribution in [2.45, 2.75) is 25.7 Å². The summed E-state index contributed by atoms with van der Waals surface area (Å²) in [6.07, 6.45) is 4.89. The van der Waals surface area contributed by atoms with Crippen molar-refractivity contribution in [2.24, 2.45) is 0 Å². The summed E-state index contributed by atoms with van der Waals surface area (Å²) in [5, 5.41) is 0. The third-order valence-electron chi connectivity index (χ3n) is 1.82. The molecule has 10 heavy (non-hydrogen) atoms. The van der Waals surface area contributed by atoms with Crippen molar-refractivity contribution in [1.29, 1.82) is 0 Å². The molecule has 0 aliphatic heterocycles. The lowest BCUT2D eigenvalue weighted by Crippen LogP contribution is -1.96. The van der Waals surface area contributed by atoms with E-state index in [1.54, 1.807) is 5.54 Å². The van der Waals surface area contributed by atoms with Gasteiger partial charge in [0.1, 0.15) is 0 Å². The van der Waals surface area contributed by atoms with Gasteiger partial charge >= 0.3 is 0 Å². The van der Waals surface area contributed by atoms with Gasteiger partial charge in [-0.3, -0.25) is 0 Å². The molecule has 0 amide bonds. The van der Waals surface area contributed by atoms with E-state index in [1.807, 2.05) is 4.99 Å². The second-order valence-electron chi connectivity index (χ2n) is 2.48. The Morgan fingerprint density at radius 2 is 1.80 bits per heavy atom. The quantitative estimate of drug-likeness (QED) is 0.581. The first-order valence-corrected chi connectivity index (χ1v) is 4.82. The maximum Gasteiger partial charge on any atom is 0.00774 e. The molecule has 0 saturated heterocycles. The minimum absolute atomic E-state index is 1.14. The van der Waals surface area contributed by atoms with E-state index in [-0.39, 0.29) is 0 Å². The maximum absolute atomic E-state index is 5.63. The standard InChI is InChI=1S/C8H10BrCl/c9-5-7-3-1-2-4-8(7)6-10/h5-6H,1-4H2/b7-5-,8-6-. The van der Waals surface area contributed by atoms with E-state index in [0.717, 1.165) is 6.42 Å². The van der Waals surface area contributed by atoms with Crippen LogP contribution in [0.25, 0.3) is 0 Å². The highest BCUT2D eigenvalue weighted by Crippen LogP contribution is 2.29. The zero-order chi connectivity index (χ0) is 7.40. The predicted molar refractivity (Wildman–Crippen MR) is 49.4 cm³/mol. The molecule has 0 N–H and O–H groups in total. The normalized spacial score (nSPS) is 27.8. The Morgan fingerprint density at radius 3 is 2.20 bits per heavy atom. The molecule has 0 atom stereocenters. The number of allylic oxidation sites excluding steroid dienone is 2. The Bertz CT molecular complexity index is 150. The van der Waals surface area contributed by atoms with Crippen molar-refractivity contribution in [3.63, 3.8) is 0 Å². The third-order valence-corrected chi connectivity index (χ3v) is 2.63. The second-order valence-corrected chi connectivity index (χ2v) is 3.15. The van der Waals surface area contributed by atoms with Gasteiger partial charge in [-0.25, -0.2) is 0 Å². The predicted octanol–water partition coefficient (Wildman–Crippen LogP) is 3.96. The van der Waals surface area contributed by atoms with Crippen molar-refractivity contribution >= 4 is 27.5 Å². The molecular weight excluding hydrogens is 211 g/mol. The molecule has 0 unspecified atom stereocenters. The van der Waals surface area contributed by atoms with Crippen molar-refractivity contribution < 1.29 is 0 Å². The van der Waals surface area contributed by atoms with Crippen molar-refractivity contribution in [3.05, 3.63) is 21.7 Å². The summed E-state index contributed by atoms with van der Waals surface area (Å²) in [6.45, 7) is 0. The summed E-state index contributed by atoms with van der Waals surface area (Å²) >= 11 is 8.96. The Labute approximate surface area is 75.1 Å². The molecule has 1 aliphatic rings. The molecule has 1 rings (SSSR count). The van der Waals surface area contributed by atoms with Crippen LogP contribution in [0.1, 0.15) is 25.7 Å². The van der Waals surface area contributed by atoms with E-state index < -0.39 is 0 Å². The Morgan fingerprint density at radius 1 is 1.20 bits per heavy atom. The van der Waals surface area contributed by atoms with Crippen LogP contribution in [-0.2, 0) is 0 Å². The fraction of sp³-hybridized carbons (Fsp3) is 0.500. The maximum atomic E-state index is 5.63. The Balaban J connectivity index is 2.69. The summed E-state index contributed by atoms with van der Waals surface area (Å²) in [6, 6.07) is 0. The molecule has 0 bridgehead atoms. The average molecular weight is 222 g/mol. The molecule has 2 heteroatoms. The van der Waals surface area contributed by atoms with Gasteiger partial charge in [-0.15, -0.1) is 0 Å². The minimum atomic E-state index is 1.14. The zero-order valence-corrected chi connectivity index (χ0v) is 8.08. The first kappa shape index (κ1) is 8.35. The van der Waals surface area contributed by atoms with Crippen LogP contribution in [0.2, 0.25) is 0 Å². The van der Waals surface area contributed by atoms with E-state index in [4.69, 9.17) is 11.6 Å². The van der Waals surface area contributed by atoms with Crippen LogP contribution in [0.4, 0.5) is 0 Å². The second kappa shape index (κ2) is 4.20. The van der Waals surface area contributed by atoms with Gasteiger partial charge < -0.3 is 0 Å². The van der Waals surface area contributed by atoms with Gasteiger partial charge in [0, 0.05) is 5.54 Å². The number of halogens is 2. The van der Waals surface area contributed by atoms with Crippen LogP contribution in [0.15, 0.2) is 21.7 Å². The lowest BCUT2D eigenvalue weighted by atomic mass is 9.92. The Kier molecular flexibility index (Phi) is 3.50. The smallest absolute Gasteiger partial charge is 0.00774 e. The molecule has 1 saturated carbocycles. The van der Waals surface area contributed by atoms with Gasteiger partial charge in [0.05, 0.1) is 0 Å². The highest BCUT2D eigenvalue weighted by molar-refractivity contribution is 9.11. The molecule has 56 valence electrons. The molecule has 0 spiro atoms. The molecule has 0 heterocycles. The van der Waals surface area contributed by atoms with Crippen molar-refractivity contribution in [2.75, 3.05) is 0 Å². The van der Waals surface area contributed by atoms with E-state index in [9.17, 15) is 0 Å². The van der Waals surface area contributed by atoms with Gasteiger partial charge in [-0.2, -0.15) is 0 Å². The lowest BCUT2D eigenvalue weighted by molar-refractivity contribution is 0.681. The molecule has 0 radical (unpaired) electrons. The summed E-state index contributed by atoms with van der Waals surface area (Å²) in [7, 11) is 0. The molecule has 1 aliphatic carbocycles. The van der Waals surface area contributed by atoms with Crippen molar-refractivity contribution in [1.82, 2.24) is 0 Å². The summed E-state index contributed by atoms with van der Waals surface area (Å²) < 4.78 is 0. The van der Waals surface area contributed by atoms with Crippen LogP contribution in [0.5, 0.6) is 0 Å². The monoisotopic (exact) mass is 220 g/mol. The van der Waals surface area contributed by atoms with Crippen LogP contribution < -0.4 is 0 Å². The fourth-order valence-corrected chi connectivity index (χ4v) is 1.97. The first-order valence-electron chi connectivity index (χ1n) is 3.47. The Hall–Kier alpha value is 0.250.